The van der Waals surface area contributed by atoms with Crippen LogP contribution in [0.1, 0.15) is 64.7 Å². The summed E-state index contributed by atoms with van der Waals surface area (Å²) in [7, 11) is 0. The van der Waals surface area contributed by atoms with Gasteiger partial charge in [0.25, 0.3) is 0 Å². The van der Waals surface area contributed by atoms with Crippen molar-refractivity contribution in [2.75, 3.05) is 6.54 Å². The summed E-state index contributed by atoms with van der Waals surface area (Å²) < 4.78 is 0. The number of carbonyl (C=O) groups is 2. The van der Waals surface area contributed by atoms with Gasteiger partial charge in [-0.25, -0.2) is 0 Å². The quantitative estimate of drug-likeness (QED) is 0.817. The fourth-order valence-corrected chi connectivity index (χ4v) is 4.06. The van der Waals surface area contributed by atoms with Crippen molar-refractivity contribution < 1.29 is 9.59 Å². The van der Waals surface area contributed by atoms with Gasteiger partial charge in [0.1, 0.15) is 12.1 Å². The van der Waals surface area contributed by atoms with Crippen molar-refractivity contribution in [1.82, 2.24) is 10.2 Å². The van der Waals surface area contributed by atoms with Crippen molar-refractivity contribution in [3.63, 3.8) is 0 Å². The summed E-state index contributed by atoms with van der Waals surface area (Å²) in [6.07, 6.45) is 10.6. The zero-order valence-electron chi connectivity index (χ0n) is 13.1. The van der Waals surface area contributed by atoms with Gasteiger partial charge in [0.05, 0.1) is 0 Å². The molecule has 4 nitrogen and oxygen atoms in total. The fourth-order valence-electron chi connectivity index (χ4n) is 4.06. The molecule has 2 amide bonds. The molecule has 0 aromatic carbocycles. The highest BCUT2D eigenvalue weighted by molar-refractivity contribution is 5.97. The first-order valence-electron chi connectivity index (χ1n) is 8.81. The molecule has 1 heterocycles. The lowest BCUT2D eigenvalue weighted by Crippen LogP contribution is -2.63. The van der Waals surface area contributed by atoms with Crippen molar-refractivity contribution in [3.05, 3.63) is 0 Å². The number of hydrogen-bond acceptors (Lipinski definition) is 2. The van der Waals surface area contributed by atoms with Crippen LogP contribution in [0.4, 0.5) is 0 Å². The first-order chi connectivity index (χ1) is 10.2. The van der Waals surface area contributed by atoms with E-state index in [0.29, 0.717) is 5.92 Å². The van der Waals surface area contributed by atoms with Crippen LogP contribution in [0.25, 0.3) is 0 Å². The average Bonchev–Trinajstić information content (AvgIpc) is 3.19. The number of nitrogens with one attached hydrogen (secondary N) is 1. The summed E-state index contributed by atoms with van der Waals surface area (Å²) in [5.74, 6) is 1.50. The molecule has 0 radical (unpaired) electrons. The van der Waals surface area contributed by atoms with Crippen LogP contribution in [0.2, 0.25) is 0 Å². The maximum absolute atomic E-state index is 12.7. The monoisotopic (exact) mass is 292 g/mol. The molecule has 4 heteroatoms. The lowest BCUT2D eigenvalue weighted by atomic mass is 9.99. The second-order valence-electron chi connectivity index (χ2n) is 7.07. The minimum absolute atomic E-state index is 0.0647. The Balaban J connectivity index is 1.58. The largest absolute Gasteiger partial charge is 0.342 e. The van der Waals surface area contributed by atoms with Gasteiger partial charge >= 0.3 is 0 Å². The topological polar surface area (TPSA) is 49.4 Å². The Labute approximate surface area is 127 Å². The van der Waals surface area contributed by atoms with E-state index in [1.165, 1.54) is 32.1 Å². The number of nitrogens with zero attached hydrogens (tertiary/aromatic N) is 1. The van der Waals surface area contributed by atoms with E-state index in [4.69, 9.17) is 0 Å². The van der Waals surface area contributed by atoms with Gasteiger partial charge < -0.3 is 10.2 Å². The summed E-state index contributed by atoms with van der Waals surface area (Å²) in [6.45, 7) is 2.77. The van der Waals surface area contributed by atoms with Gasteiger partial charge in [0.15, 0.2) is 0 Å². The van der Waals surface area contributed by atoms with Crippen LogP contribution in [-0.2, 0) is 9.59 Å². The smallest absolute Gasteiger partial charge is 0.246 e. The molecule has 2 atom stereocenters. The molecule has 3 rings (SSSR count). The number of carbonyl (C=O) groups excluding carboxylic acids is 2. The molecule has 2 saturated carbocycles. The van der Waals surface area contributed by atoms with E-state index in [2.05, 4.69) is 5.32 Å². The Hall–Kier alpha value is -1.06. The number of rotatable bonds is 6. The summed E-state index contributed by atoms with van der Waals surface area (Å²) >= 11 is 0. The van der Waals surface area contributed by atoms with Gasteiger partial charge in [0, 0.05) is 6.54 Å². The molecule has 0 aromatic rings. The van der Waals surface area contributed by atoms with E-state index in [0.717, 1.165) is 38.1 Å². The lowest BCUT2D eigenvalue weighted by Gasteiger charge is -2.39. The molecule has 1 saturated heterocycles. The van der Waals surface area contributed by atoms with Crippen LogP contribution in [0.5, 0.6) is 0 Å². The van der Waals surface area contributed by atoms with Crippen LogP contribution in [0.3, 0.4) is 0 Å². The standard InChI is InChI=1S/C17H28N2O2/c1-2-14-16(20)18-15(13-9-10-13)17(21)19(14)11-5-8-12-6-3-4-7-12/h12-15H,2-11H2,1H3,(H,18,20). The predicted molar refractivity (Wildman–Crippen MR) is 81.6 cm³/mol. The Morgan fingerprint density at radius 1 is 1.14 bits per heavy atom. The fraction of sp³-hybridized carbons (Fsp3) is 0.882. The molecule has 0 aromatic heterocycles. The van der Waals surface area contributed by atoms with Gasteiger partial charge in [0.2, 0.25) is 11.8 Å². The minimum atomic E-state index is -0.240. The molecule has 1 aliphatic heterocycles. The molecular weight excluding hydrogens is 264 g/mol. The minimum Gasteiger partial charge on any atom is -0.342 e. The highest BCUT2D eigenvalue weighted by atomic mass is 16.2. The summed E-state index contributed by atoms with van der Waals surface area (Å²) in [4.78, 5) is 26.8. The zero-order valence-corrected chi connectivity index (χ0v) is 13.1. The second-order valence-corrected chi connectivity index (χ2v) is 7.07. The first-order valence-corrected chi connectivity index (χ1v) is 8.81. The third-order valence-electron chi connectivity index (χ3n) is 5.49. The molecule has 3 fully saturated rings. The number of amides is 2. The van der Waals surface area contributed by atoms with E-state index >= 15 is 0 Å². The van der Waals surface area contributed by atoms with Crippen LogP contribution in [-0.4, -0.2) is 35.3 Å². The van der Waals surface area contributed by atoms with Crippen molar-refractivity contribution >= 4 is 11.8 Å². The third-order valence-corrected chi connectivity index (χ3v) is 5.49. The van der Waals surface area contributed by atoms with Crippen molar-refractivity contribution in [2.45, 2.75) is 76.8 Å². The summed E-state index contributed by atoms with van der Waals surface area (Å²) in [5.41, 5.74) is 0. The van der Waals surface area contributed by atoms with E-state index in [9.17, 15) is 9.59 Å². The predicted octanol–water partition coefficient (Wildman–Crippen LogP) is 2.47. The zero-order chi connectivity index (χ0) is 14.8. The molecular formula is C17H28N2O2. The molecule has 21 heavy (non-hydrogen) atoms. The van der Waals surface area contributed by atoms with Crippen molar-refractivity contribution in [1.29, 1.82) is 0 Å². The van der Waals surface area contributed by atoms with Gasteiger partial charge in [-0.15, -0.1) is 0 Å². The first kappa shape index (κ1) is 14.9. The highest BCUT2D eigenvalue weighted by Crippen LogP contribution is 2.35. The van der Waals surface area contributed by atoms with Crippen LogP contribution in [0.15, 0.2) is 0 Å². The summed E-state index contributed by atoms with van der Waals surface area (Å²) in [6, 6.07) is -0.470. The van der Waals surface area contributed by atoms with E-state index in [1.807, 2.05) is 11.8 Å². The van der Waals surface area contributed by atoms with E-state index in [1.54, 1.807) is 0 Å². The van der Waals surface area contributed by atoms with E-state index in [-0.39, 0.29) is 23.9 Å². The number of piperazine rings is 1. The second kappa shape index (κ2) is 6.37. The van der Waals surface area contributed by atoms with Crippen LogP contribution >= 0.6 is 0 Å². The molecule has 2 unspecified atom stereocenters. The average molecular weight is 292 g/mol. The van der Waals surface area contributed by atoms with Crippen LogP contribution < -0.4 is 5.32 Å². The number of hydrogen-bond donors (Lipinski definition) is 1. The molecule has 0 spiro atoms. The molecule has 118 valence electrons. The Morgan fingerprint density at radius 3 is 2.48 bits per heavy atom. The maximum atomic E-state index is 12.7. The normalized spacial score (nSPS) is 30.8. The molecule has 1 N–H and O–H groups in total. The summed E-state index contributed by atoms with van der Waals surface area (Å²) in [5, 5.41) is 2.96. The van der Waals surface area contributed by atoms with Gasteiger partial charge in [-0.05, 0) is 43.9 Å². The van der Waals surface area contributed by atoms with Crippen molar-refractivity contribution in [3.8, 4) is 0 Å². The van der Waals surface area contributed by atoms with Gasteiger partial charge in [-0.1, -0.05) is 32.6 Å². The third kappa shape index (κ3) is 3.24. The van der Waals surface area contributed by atoms with E-state index < -0.39 is 0 Å². The van der Waals surface area contributed by atoms with Gasteiger partial charge in [-0.2, -0.15) is 0 Å². The SMILES string of the molecule is CCC1C(=O)NC(C2CC2)C(=O)N1CCCC1CCCC1. The Kier molecular flexibility index (Phi) is 4.51. The Bertz CT molecular complexity index is 400. The lowest BCUT2D eigenvalue weighted by molar-refractivity contribution is -0.150. The molecule has 0 bridgehead atoms. The molecule has 3 aliphatic rings. The highest BCUT2D eigenvalue weighted by Gasteiger charge is 2.45. The van der Waals surface area contributed by atoms with Crippen molar-refractivity contribution in [2.24, 2.45) is 11.8 Å². The maximum Gasteiger partial charge on any atom is 0.246 e. The Morgan fingerprint density at radius 2 is 1.86 bits per heavy atom. The molecule has 2 aliphatic carbocycles. The van der Waals surface area contributed by atoms with Gasteiger partial charge in [-0.3, -0.25) is 9.59 Å². The van der Waals surface area contributed by atoms with Crippen LogP contribution in [0, 0.1) is 11.8 Å².